The Morgan fingerprint density at radius 1 is 1.31 bits per heavy atom. The standard InChI is InChI=1S/C13H19ClN2/c1-11-2-3-12(10-13(11)14)4-7-16-8-5-15-6-9-16/h2-3,10,15H,4-9H2,1H3. The predicted octanol–water partition coefficient (Wildman–Crippen LogP) is 2.10. The highest BCUT2D eigenvalue weighted by atomic mass is 35.5. The summed E-state index contributed by atoms with van der Waals surface area (Å²) in [6.07, 6.45) is 1.10. The summed E-state index contributed by atoms with van der Waals surface area (Å²) in [5.41, 5.74) is 2.50. The third kappa shape index (κ3) is 3.21. The van der Waals surface area contributed by atoms with Crippen molar-refractivity contribution in [2.24, 2.45) is 0 Å². The van der Waals surface area contributed by atoms with Crippen LogP contribution >= 0.6 is 11.6 Å². The van der Waals surface area contributed by atoms with Gasteiger partial charge >= 0.3 is 0 Å². The molecule has 0 amide bonds. The molecule has 16 heavy (non-hydrogen) atoms. The van der Waals surface area contributed by atoms with Crippen LogP contribution in [0, 0.1) is 6.92 Å². The highest BCUT2D eigenvalue weighted by molar-refractivity contribution is 6.31. The number of rotatable bonds is 3. The maximum Gasteiger partial charge on any atom is 0.0437 e. The molecule has 3 heteroatoms. The number of nitrogens with one attached hydrogen (secondary N) is 1. The summed E-state index contributed by atoms with van der Waals surface area (Å²) in [5.74, 6) is 0. The Morgan fingerprint density at radius 2 is 2.06 bits per heavy atom. The molecule has 1 N–H and O–H groups in total. The topological polar surface area (TPSA) is 15.3 Å². The van der Waals surface area contributed by atoms with E-state index < -0.39 is 0 Å². The van der Waals surface area contributed by atoms with Crippen molar-refractivity contribution < 1.29 is 0 Å². The first-order chi connectivity index (χ1) is 7.75. The first-order valence-corrected chi connectivity index (χ1v) is 6.31. The van der Waals surface area contributed by atoms with E-state index in [0.717, 1.165) is 36.6 Å². The molecule has 0 atom stereocenters. The summed E-state index contributed by atoms with van der Waals surface area (Å²) < 4.78 is 0. The van der Waals surface area contributed by atoms with Gasteiger partial charge in [0.05, 0.1) is 0 Å². The number of hydrogen-bond donors (Lipinski definition) is 1. The van der Waals surface area contributed by atoms with Gasteiger partial charge in [-0.05, 0) is 30.5 Å². The van der Waals surface area contributed by atoms with E-state index in [1.807, 2.05) is 6.92 Å². The first-order valence-electron chi connectivity index (χ1n) is 5.94. The highest BCUT2D eigenvalue weighted by Gasteiger charge is 2.09. The predicted molar refractivity (Wildman–Crippen MR) is 69.2 cm³/mol. The van der Waals surface area contributed by atoms with E-state index >= 15 is 0 Å². The van der Waals surface area contributed by atoms with Gasteiger partial charge in [-0.3, -0.25) is 0 Å². The van der Waals surface area contributed by atoms with E-state index in [9.17, 15) is 0 Å². The Hall–Kier alpha value is -0.570. The van der Waals surface area contributed by atoms with E-state index in [0.29, 0.717) is 0 Å². The molecule has 1 aliphatic rings. The van der Waals surface area contributed by atoms with Gasteiger partial charge in [0.25, 0.3) is 0 Å². The lowest BCUT2D eigenvalue weighted by atomic mass is 10.1. The van der Waals surface area contributed by atoms with Gasteiger partial charge in [-0.1, -0.05) is 23.7 Å². The maximum absolute atomic E-state index is 6.11. The third-order valence-electron chi connectivity index (χ3n) is 3.16. The molecule has 0 bridgehead atoms. The molecule has 0 spiro atoms. The first kappa shape index (κ1) is 11.9. The number of hydrogen-bond acceptors (Lipinski definition) is 2. The zero-order chi connectivity index (χ0) is 11.4. The van der Waals surface area contributed by atoms with Crippen molar-refractivity contribution in [1.29, 1.82) is 0 Å². The molecule has 0 aromatic heterocycles. The molecule has 0 aliphatic carbocycles. The smallest absolute Gasteiger partial charge is 0.0437 e. The zero-order valence-electron chi connectivity index (χ0n) is 9.80. The summed E-state index contributed by atoms with van der Waals surface area (Å²) >= 11 is 6.11. The molecule has 2 rings (SSSR count). The molecule has 1 fully saturated rings. The normalized spacial score (nSPS) is 17.6. The number of piperazine rings is 1. The largest absolute Gasteiger partial charge is 0.314 e. The SMILES string of the molecule is Cc1ccc(CCN2CCNCC2)cc1Cl. The van der Waals surface area contributed by atoms with Gasteiger partial charge in [0.1, 0.15) is 0 Å². The maximum atomic E-state index is 6.11. The van der Waals surface area contributed by atoms with Crippen LogP contribution in [0.15, 0.2) is 18.2 Å². The van der Waals surface area contributed by atoms with Crippen molar-refractivity contribution >= 4 is 11.6 Å². The van der Waals surface area contributed by atoms with Gasteiger partial charge in [0.15, 0.2) is 0 Å². The van der Waals surface area contributed by atoms with Crippen LogP contribution < -0.4 is 5.32 Å². The average molecular weight is 239 g/mol. The second kappa shape index (κ2) is 5.67. The van der Waals surface area contributed by atoms with Crippen molar-refractivity contribution in [3.8, 4) is 0 Å². The second-order valence-corrected chi connectivity index (χ2v) is 4.83. The molecule has 1 aliphatic heterocycles. The highest BCUT2D eigenvalue weighted by Crippen LogP contribution is 2.17. The molecule has 1 saturated heterocycles. The van der Waals surface area contributed by atoms with E-state index in [4.69, 9.17) is 11.6 Å². The van der Waals surface area contributed by atoms with Crippen molar-refractivity contribution in [2.75, 3.05) is 32.7 Å². The number of halogens is 1. The Balaban J connectivity index is 1.86. The molecule has 1 heterocycles. The zero-order valence-corrected chi connectivity index (χ0v) is 10.6. The minimum absolute atomic E-state index is 0.887. The van der Waals surface area contributed by atoms with E-state index in [2.05, 4.69) is 28.4 Å². The summed E-state index contributed by atoms with van der Waals surface area (Å²) in [5, 5.41) is 4.25. The number of nitrogens with zero attached hydrogens (tertiary/aromatic N) is 1. The Kier molecular flexibility index (Phi) is 4.22. The van der Waals surface area contributed by atoms with E-state index in [1.165, 1.54) is 18.7 Å². The molecule has 0 unspecified atom stereocenters. The lowest BCUT2D eigenvalue weighted by Gasteiger charge is -2.27. The van der Waals surface area contributed by atoms with Gasteiger partial charge in [0.2, 0.25) is 0 Å². The van der Waals surface area contributed by atoms with Crippen molar-refractivity contribution in [2.45, 2.75) is 13.3 Å². The van der Waals surface area contributed by atoms with Crippen LogP contribution in [-0.2, 0) is 6.42 Å². The summed E-state index contributed by atoms with van der Waals surface area (Å²) in [7, 11) is 0. The molecule has 0 radical (unpaired) electrons. The fraction of sp³-hybridized carbons (Fsp3) is 0.538. The van der Waals surface area contributed by atoms with Gasteiger partial charge in [-0.25, -0.2) is 0 Å². The van der Waals surface area contributed by atoms with Crippen LogP contribution in [0.5, 0.6) is 0 Å². The van der Waals surface area contributed by atoms with E-state index in [1.54, 1.807) is 0 Å². The number of aryl methyl sites for hydroxylation is 1. The summed E-state index contributed by atoms with van der Waals surface area (Å²) in [6, 6.07) is 6.39. The van der Waals surface area contributed by atoms with Crippen LogP contribution in [0.3, 0.4) is 0 Å². The van der Waals surface area contributed by atoms with Crippen molar-refractivity contribution in [3.05, 3.63) is 34.3 Å². The summed E-state index contributed by atoms with van der Waals surface area (Å²) in [6.45, 7) is 7.76. The summed E-state index contributed by atoms with van der Waals surface area (Å²) in [4.78, 5) is 2.50. The molecular formula is C13H19ClN2. The fourth-order valence-electron chi connectivity index (χ4n) is 2.01. The number of benzene rings is 1. The van der Waals surface area contributed by atoms with Crippen LogP contribution in [0.4, 0.5) is 0 Å². The quantitative estimate of drug-likeness (QED) is 0.868. The van der Waals surface area contributed by atoms with Gasteiger partial charge in [-0.15, -0.1) is 0 Å². The van der Waals surface area contributed by atoms with Crippen molar-refractivity contribution in [1.82, 2.24) is 10.2 Å². The third-order valence-corrected chi connectivity index (χ3v) is 3.57. The Labute approximate surface area is 103 Å². The average Bonchev–Trinajstić information content (AvgIpc) is 2.32. The lowest BCUT2D eigenvalue weighted by molar-refractivity contribution is 0.244. The molecule has 88 valence electrons. The van der Waals surface area contributed by atoms with Crippen LogP contribution in [-0.4, -0.2) is 37.6 Å². The molecule has 2 nitrogen and oxygen atoms in total. The van der Waals surface area contributed by atoms with Gasteiger partial charge in [0, 0.05) is 37.7 Å². The lowest BCUT2D eigenvalue weighted by Crippen LogP contribution is -2.44. The molecule has 1 aromatic rings. The fourth-order valence-corrected chi connectivity index (χ4v) is 2.22. The minimum atomic E-state index is 0.887. The van der Waals surface area contributed by atoms with Gasteiger partial charge in [-0.2, -0.15) is 0 Å². The second-order valence-electron chi connectivity index (χ2n) is 4.43. The minimum Gasteiger partial charge on any atom is -0.314 e. The van der Waals surface area contributed by atoms with Crippen LogP contribution in [0.2, 0.25) is 5.02 Å². The van der Waals surface area contributed by atoms with Crippen LogP contribution in [0.1, 0.15) is 11.1 Å². The molecule has 0 saturated carbocycles. The van der Waals surface area contributed by atoms with E-state index in [-0.39, 0.29) is 0 Å². The Bertz CT molecular complexity index is 346. The molecular weight excluding hydrogens is 220 g/mol. The van der Waals surface area contributed by atoms with Crippen LogP contribution in [0.25, 0.3) is 0 Å². The van der Waals surface area contributed by atoms with Gasteiger partial charge < -0.3 is 10.2 Å². The van der Waals surface area contributed by atoms with Crippen molar-refractivity contribution in [3.63, 3.8) is 0 Å². The molecule has 1 aromatic carbocycles. The monoisotopic (exact) mass is 238 g/mol. The Morgan fingerprint density at radius 3 is 2.75 bits per heavy atom.